The Labute approximate surface area is 261 Å². The van der Waals surface area contributed by atoms with Gasteiger partial charge in [-0.05, 0) is 43.7 Å². The first-order chi connectivity index (χ1) is 19.5. The SMILES string of the molecule is CCCCCCCCCCCCCCOc1ccc(NC(=O)c2cccc(C[n+]3cscc3C)c2)cc1C(C)=O.[Br-]. The number of rotatable bonds is 19. The lowest BCUT2D eigenvalue weighted by atomic mass is 10.1. The zero-order valence-electron chi connectivity index (χ0n) is 25.1. The van der Waals surface area contributed by atoms with Gasteiger partial charge in [-0.25, -0.2) is 0 Å². The molecule has 0 radical (unpaired) electrons. The molecule has 3 rings (SSSR count). The third-order valence-corrected chi connectivity index (χ3v) is 8.15. The number of aromatic nitrogens is 1. The first-order valence-electron chi connectivity index (χ1n) is 15.1. The van der Waals surface area contributed by atoms with Gasteiger partial charge in [0, 0.05) is 23.7 Å². The van der Waals surface area contributed by atoms with Crippen LogP contribution in [0, 0.1) is 6.92 Å². The van der Waals surface area contributed by atoms with Gasteiger partial charge in [0.15, 0.2) is 18.0 Å². The summed E-state index contributed by atoms with van der Waals surface area (Å²) in [5, 5.41) is 5.05. The molecule has 0 saturated heterocycles. The van der Waals surface area contributed by atoms with Gasteiger partial charge in [-0.1, -0.05) is 101 Å². The maximum Gasteiger partial charge on any atom is 0.255 e. The summed E-state index contributed by atoms with van der Waals surface area (Å²) in [4.78, 5) is 25.3. The van der Waals surface area contributed by atoms with Gasteiger partial charge in [0.2, 0.25) is 5.51 Å². The third-order valence-electron chi connectivity index (χ3n) is 7.29. The number of carbonyl (C=O) groups is 2. The number of hydrogen-bond donors (Lipinski definition) is 1. The first-order valence-corrected chi connectivity index (χ1v) is 16.0. The van der Waals surface area contributed by atoms with E-state index in [2.05, 4.69) is 34.6 Å². The van der Waals surface area contributed by atoms with Crippen LogP contribution >= 0.6 is 11.3 Å². The Bertz CT molecular complexity index is 1210. The van der Waals surface area contributed by atoms with Gasteiger partial charge < -0.3 is 27.0 Å². The molecule has 0 spiro atoms. The van der Waals surface area contributed by atoms with E-state index in [4.69, 9.17) is 4.74 Å². The molecule has 3 aromatic rings. The summed E-state index contributed by atoms with van der Waals surface area (Å²) < 4.78 is 8.14. The lowest BCUT2D eigenvalue weighted by Gasteiger charge is -2.13. The van der Waals surface area contributed by atoms with Crippen LogP contribution in [-0.2, 0) is 6.54 Å². The quantitative estimate of drug-likeness (QED) is 0.100. The molecule has 0 unspecified atom stereocenters. The lowest BCUT2D eigenvalue weighted by molar-refractivity contribution is -0.689. The fourth-order valence-corrected chi connectivity index (χ4v) is 5.64. The number of ether oxygens (including phenoxy) is 1. The summed E-state index contributed by atoms with van der Waals surface area (Å²) in [5.41, 5.74) is 5.99. The average Bonchev–Trinajstić information content (AvgIpc) is 3.35. The van der Waals surface area contributed by atoms with E-state index in [1.54, 1.807) is 29.5 Å². The van der Waals surface area contributed by atoms with Crippen molar-refractivity contribution in [3.63, 3.8) is 0 Å². The molecule has 41 heavy (non-hydrogen) atoms. The number of anilines is 1. The van der Waals surface area contributed by atoms with Crippen LogP contribution in [0.1, 0.15) is 123 Å². The molecule has 1 amide bonds. The largest absolute Gasteiger partial charge is 1.00 e. The van der Waals surface area contributed by atoms with Crippen LogP contribution in [0.25, 0.3) is 0 Å². The molecule has 2 aromatic carbocycles. The van der Waals surface area contributed by atoms with Crippen molar-refractivity contribution in [1.82, 2.24) is 0 Å². The number of ketones is 1. The van der Waals surface area contributed by atoms with Crippen LogP contribution in [0.15, 0.2) is 53.4 Å². The monoisotopic (exact) mass is 642 g/mol. The van der Waals surface area contributed by atoms with Gasteiger partial charge in [0.25, 0.3) is 5.91 Å². The normalized spacial score (nSPS) is 10.7. The highest BCUT2D eigenvalue weighted by molar-refractivity contribution is 7.07. The number of Topliss-reactive ketones (excluding diaryl/α,β-unsaturated/α-hetero) is 1. The van der Waals surface area contributed by atoms with Crippen molar-refractivity contribution in [2.45, 2.75) is 104 Å². The van der Waals surface area contributed by atoms with Crippen molar-refractivity contribution in [3.8, 4) is 5.75 Å². The predicted molar refractivity (Wildman–Crippen MR) is 166 cm³/mol. The van der Waals surface area contributed by atoms with Crippen LogP contribution in [0.4, 0.5) is 5.69 Å². The summed E-state index contributed by atoms with van der Waals surface area (Å²) in [6, 6.07) is 13.0. The zero-order valence-corrected chi connectivity index (χ0v) is 27.5. The Hall–Kier alpha value is -2.51. The van der Waals surface area contributed by atoms with Gasteiger partial charge in [-0.2, -0.15) is 4.57 Å². The lowest BCUT2D eigenvalue weighted by Crippen LogP contribution is -3.00. The van der Waals surface area contributed by atoms with E-state index in [-0.39, 0.29) is 28.7 Å². The van der Waals surface area contributed by atoms with E-state index in [0.717, 1.165) is 24.9 Å². The molecule has 0 bridgehead atoms. The van der Waals surface area contributed by atoms with Crippen LogP contribution in [0.3, 0.4) is 0 Å². The number of thiazole rings is 1. The maximum absolute atomic E-state index is 13.0. The molecule has 7 heteroatoms. The minimum atomic E-state index is -0.200. The van der Waals surface area contributed by atoms with Gasteiger partial charge in [0.1, 0.15) is 5.75 Å². The molecule has 0 atom stereocenters. The number of halogens is 1. The van der Waals surface area contributed by atoms with Crippen LogP contribution < -0.4 is 31.6 Å². The van der Waals surface area contributed by atoms with E-state index >= 15 is 0 Å². The molecule has 0 fully saturated rings. The molecule has 0 aliphatic heterocycles. The molecule has 0 aliphatic carbocycles. The minimum absolute atomic E-state index is 0. The van der Waals surface area contributed by atoms with Gasteiger partial charge in [-0.15, -0.1) is 0 Å². The van der Waals surface area contributed by atoms with E-state index < -0.39 is 0 Å². The highest BCUT2D eigenvalue weighted by Gasteiger charge is 2.14. The second-order valence-corrected chi connectivity index (χ2v) is 11.5. The van der Waals surface area contributed by atoms with E-state index in [0.29, 0.717) is 29.2 Å². The number of hydrogen-bond acceptors (Lipinski definition) is 4. The van der Waals surface area contributed by atoms with Crippen LogP contribution in [-0.4, -0.2) is 18.3 Å². The zero-order chi connectivity index (χ0) is 28.6. The maximum atomic E-state index is 13.0. The highest BCUT2D eigenvalue weighted by Crippen LogP contribution is 2.25. The van der Waals surface area contributed by atoms with Crippen molar-refractivity contribution >= 4 is 28.7 Å². The smallest absolute Gasteiger partial charge is 0.255 e. The highest BCUT2D eigenvalue weighted by atomic mass is 79.9. The van der Waals surface area contributed by atoms with E-state index in [9.17, 15) is 9.59 Å². The second kappa shape index (κ2) is 19.6. The van der Waals surface area contributed by atoms with E-state index in [1.807, 2.05) is 24.3 Å². The van der Waals surface area contributed by atoms with Crippen molar-refractivity contribution in [2.24, 2.45) is 0 Å². The molecule has 1 N–H and O–H groups in total. The molecule has 224 valence electrons. The molecule has 1 heterocycles. The average molecular weight is 644 g/mol. The number of amides is 1. The number of benzene rings is 2. The Morgan fingerprint density at radius 3 is 2.15 bits per heavy atom. The number of aryl methyl sites for hydroxylation is 1. The Morgan fingerprint density at radius 2 is 1.54 bits per heavy atom. The Kier molecular flexibility index (Phi) is 16.6. The number of carbonyl (C=O) groups excluding carboxylic acids is 2. The predicted octanol–water partition coefficient (Wildman–Crippen LogP) is 5.93. The van der Waals surface area contributed by atoms with E-state index in [1.165, 1.54) is 76.8 Å². The summed E-state index contributed by atoms with van der Waals surface area (Å²) in [6.07, 6.45) is 15.6. The van der Waals surface area contributed by atoms with Gasteiger partial charge >= 0.3 is 0 Å². The minimum Gasteiger partial charge on any atom is -1.00 e. The molecular formula is C34H47BrN2O3S. The summed E-state index contributed by atoms with van der Waals surface area (Å²) in [7, 11) is 0. The van der Waals surface area contributed by atoms with Gasteiger partial charge in [0.05, 0.1) is 17.6 Å². The fraction of sp³-hybridized carbons (Fsp3) is 0.500. The molecule has 0 aliphatic rings. The molecule has 0 saturated carbocycles. The standard InChI is InChI=1S/C34H46N2O3S.BrH/c1-4-5-6-7-8-9-10-11-12-13-14-15-21-39-33-20-19-31(23-32(33)28(3)37)35-34(38)30-18-16-17-29(22-30)24-36-26-40-25-27(36)2;/h16-20,22-23,25-26H,4-15,21,24H2,1-3H3;1H. The summed E-state index contributed by atoms with van der Waals surface area (Å²) in [5.74, 6) is 0.304. The molecule has 1 aromatic heterocycles. The number of nitrogens with one attached hydrogen (secondary N) is 1. The topological polar surface area (TPSA) is 59.3 Å². The Balaban J connectivity index is 0.00000588. The van der Waals surface area contributed by atoms with Gasteiger partial charge in [-0.3, -0.25) is 9.59 Å². The van der Waals surface area contributed by atoms with Crippen molar-refractivity contribution in [1.29, 1.82) is 0 Å². The second-order valence-electron chi connectivity index (χ2n) is 10.8. The number of unbranched alkanes of at least 4 members (excludes halogenated alkanes) is 11. The van der Waals surface area contributed by atoms with Crippen LogP contribution in [0.2, 0.25) is 0 Å². The van der Waals surface area contributed by atoms with Crippen molar-refractivity contribution < 1.29 is 35.9 Å². The number of nitrogens with zero attached hydrogens (tertiary/aromatic N) is 1. The van der Waals surface area contributed by atoms with Crippen molar-refractivity contribution in [3.05, 3.63) is 75.7 Å². The van der Waals surface area contributed by atoms with Crippen LogP contribution in [0.5, 0.6) is 5.75 Å². The fourth-order valence-electron chi connectivity index (χ4n) is 4.86. The molecule has 5 nitrogen and oxygen atoms in total. The Morgan fingerprint density at radius 1 is 0.878 bits per heavy atom. The third kappa shape index (κ3) is 12.5. The first kappa shape index (κ1) is 34.7. The van der Waals surface area contributed by atoms with Crippen molar-refractivity contribution in [2.75, 3.05) is 11.9 Å². The summed E-state index contributed by atoms with van der Waals surface area (Å²) >= 11 is 1.66. The molecular weight excluding hydrogens is 596 g/mol. The summed E-state index contributed by atoms with van der Waals surface area (Å²) in [6.45, 7) is 7.19.